The molecule has 2 amide bonds. The molecule has 0 saturated heterocycles. The summed E-state index contributed by atoms with van der Waals surface area (Å²) in [6.45, 7) is 4.85. The molecule has 2 rings (SSSR count). The molecule has 0 aliphatic heterocycles. The van der Waals surface area contributed by atoms with Gasteiger partial charge < -0.3 is 15.0 Å². The Balaban J connectivity index is 2.46. The second-order valence-electron chi connectivity index (χ2n) is 8.64. The zero-order chi connectivity index (χ0) is 27.0. The van der Waals surface area contributed by atoms with Crippen molar-refractivity contribution in [2.75, 3.05) is 32.1 Å². The summed E-state index contributed by atoms with van der Waals surface area (Å²) in [5, 5.41) is 2.87. The second kappa shape index (κ2) is 12.7. The Kier molecular flexibility index (Phi) is 10.2. The topological polar surface area (TPSA) is 99.3 Å². The molecule has 0 heterocycles. The monoisotopic (exact) mass is 522 g/mol. The van der Waals surface area contributed by atoms with Crippen molar-refractivity contribution in [1.29, 1.82) is 0 Å². The standard InChI is InChI=1S/C25H35FN4O5S/c1-7-18(2)27-25(32)19(3)29(16-20-9-8-10-23(15-20)35-6)24(31)17-30(36(33,34)28(4)5)22-13-11-21(26)12-14-22/h8-15,18-19H,7,16-17H2,1-6H3,(H,27,32). The molecule has 0 radical (unpaired) electrons. The van der Waals surface area contributed by atoms with Crippen LogP contribution in [0.1, 0.15) is 32.8 Å². The Labute approximate surface area is 213 Å². The molecule has 2 unspecified atom stereocenters. The number of carbonyl (C=O) groups is 2. The Morgan fingerprint density at radius 1 is 1.08 bits per heavy atom. The Morgan fingerprint density at radius 2 is 1.72 bits per heavy atom. The van der Waals surface area contributed by atoms with E-state index in [1.807, 2.05) is 13.8 Å². The molecule has 0 aromatic heterocycles. The molecule has 2 aromatic carbocycles. The van der Waals surface area contributed by atoms with Gasteiger partial charge in [0, 0.05) is 26.7 Å². The molecular weight excluding hydrogens is 487 g/mol. The average molecular weight is 523 g/mol. The third kappa shape index (κ3) is 7.41. The minimum atomic E-state index is -4.11. The van der Waals surface area contributed by atoms with Gasteiger partial charge in [-0.3, -0.25) is 9.59 Å². The van der Waals surface area contributed by atoms with E-state index in [4.69, 9.17) is 4.74 Å². The highest BCUT2D eigenvalue weighted by Gasteiger charge is 2.33. The first-order valence-corrected chi connectivity index (χ1v) is 13.0. The fraction of sp³-hybridized carbons (Fsp3) is 0.440. The predicted molar refractivity (Wildman–Crippen MR) is 137 cm³/mol. The molecule has 36 heavy (non-hydrogen) atoms. The van der Waals surface area contributed by atoms with Gasteiger partial charge in [0.15, 0.2) is 0 Å². The summed E-state index contributed by atoms with van der Waals surface area (Å²) in [4.78, 5) is 27.9. The van der Waals surface area contributed by atoms with E-state index in [1.165, 1.54) is 38.2 Å². The molecule has 0 spiro atoms. The molecule has 0 aliphatic rings. The number of hydrogen-bond acceptors (Lipinski definition) is 5. The van der Waals surface area contributed by atoms with Gasteiger partial charge in [0.05, 0.1) is 12.8 Å². The highest BCUT2D eigenvalue weighted by atomic mass is 32.2. The molecule has 11 heteroatoms. The summed E-state index contributed by atoms with van der Waals surface area (Å²) >= 11 is 0. The lowest BCUT2D eigenvalue weighted by Crippen LogP contribution is -2.53. The van der Waals surface area contributed by atoms with Crippen LogP contribution >= 0.6 is 0 Å². The number of benzene rings is 2. The van der Waals surface area contributed by atoms with Gasteiger partial charge in [0.25, 0.3) is 0 Å². The van der Waals surface area contributed by atoms with E-state index in [0.717, 1.165) is 20.7 Å². The van der Waals surface area contributed by atoms with E-state index < -0.39 is 34.5 Å². The van der Waals surface area contributed by atoms with Crippen molar-refractivity contribution in [2.24, 2.45) is 0 Å². The first kappa shape index (κ1) is 29.1. The number of amides is 2. The van der Waals surface area contributed by atoms with Crippen LogP contribution in [-0.2, 0) is 26.3 Å². The van der Waals surface area contributed by atoms with Crippen molar-refractivity contribution in [2.45, 2.75) is 45.8 Å². The van der Waals surface area contributed by atoms with Crippen molar-refractivity contribution >= 4 is 27.7 Å². The minimum absolute atomic E-state index is 0.0460. The van der Waals surface area contributed by atoms with Crippen LogP contribution < -0.4 is 14.4 Å². The van der Waals surface area contributed by atoms with E-state index in [0.29, 0.717) is 17.7 Å². The lowest BCUT2D eigenvalue weighted by molar-refractivity contribution is -0.139. The molecule has 0 aliphatic carbocycles. The van der Waals surface area contributed by atoms with Crippen molar-refractivity contribution < 1.29 is 27.1 Å². The van der Waals surface area contributed by atoms with Gasteiger partial charge in [-0.15, -0.1) is 0 Å². The van der Waals surface area contributed by atoms with Gasteiger partial charge in [0.1, 0.15) is 24.2 Å². The van der Waals surface area contributed by atoms with E-state index >= 15 is 0 Å². The Morgan fingerprint density at radius 3 is 2.28 bits per heavy atom. The zero-order valence-corrected chi connectivity index (χ0v) is 22.4. The average Bonchev–Trinajstić information content (AvgIpc) is 2.85. The SMILES string of the molecule is CCC(C)NC(=O)C(C)N(Cc1cccc(OC)c1)C(=O)CN(c1ccc(F)cc1)S(=O)(=O)N(C)C. The summed E-state index contributed by atoms with van der Waals surface area (Å²) in [6.07, 6.45) is 0.710. The molecule has 1 N–H and O–H groups in total. The highest BCUT2D eigenvalue weighted by molar-refractivity contribution is 7.90. The first-order valence-electron chi connectivity index (χ1n) is 11.6. The third-order valence-electron chi connectivity index (χ3n) is 5.79. The summed E-state index contributed by atoms with van der Waals surface area (Å²) in [6, 6.07) is 10.9. The maximum Gasteiger partial charge on any atom is 0.304 e. The van der Waals surface area contributed by atoms with E-state index in [9.17, 15) is 22.4 Å². The Hall–Kier alpha value is -3.18. The fourth-order valence-electron chi connectivity index (χ4n) is 3.34. The highest BCUT2D eigenvalue weighted by Crippen LogP contribution is 2.22. The van der Waals surface area contributed by atoms with E-state index in [2.05, 4.69) is 5.32 Å². The van der Waals surface area contributed by atoms with Crippen LogP contribution in [-0.4, -0.2) is 69.3 Å². The first-order chi connectivity index (χ1) is 16.9. The van der Waals surface area contributed by atoms with E-state index in [1.54, 1.807) is 31.2 Å². The van der Waals surface area contributed by atoms with Gasteiger partial charge in [-0.1, -0.05) is 19.1 Å². The number of ether oxygens (including phenoxy) is 1. The number of hydrogen-bond donors (Lipinski definition) is 1. The molecule has 9 nitrogen and oxygen atoms in total. The zero-order valence-electron chi connectivity index (χ0n) is 21.6. The number of halogens is 1. The molecule has 2 aromatic rings. The van der Waals surface area contributed by atoms with Gasteiger partial charge in [-0.2, -0.15) is 12.7 Å². The summed E-state index contributed by atoms with van der Waals surface area (Å²) < 4.78 is 46.8. The number of nitrogens with one attached hydrogen (secondary N) is 1. The predicted octanol–water partition coefficient (Wildman–Crippen LogP) is 2.78. The fourth-order valence-corrected chi connectivity index (χ4v) is 4.40. The van der Waals surface area contributed by atoms with Crippen molar-refractivity contribution in [1.82, 2.24) is 14.5 Å². The minimum Gasteiger partial charge on any atom is -0.497 e. The number of methoxy groups -OCH3 is 1. The van der Waals surface area contributed by atoms with Gasteiger partial charge in [-0.25, -0.2) is 8.70 Å². The molecule has 2 atom stereocenters. The summed E-state index contributed by atoms with van der Waals surface area (Å²) in [5.41, 5.74) is 0.825. The molecule has 0 bridgehead atoms. The van der Waals surface area contributed by atoms with Crippen LogP contribution in [0.4, 0.5) is 10.1 Å². The number of nitrogens with zero attached hydrogens (tertiary/aromatic N) is 3. The van der Waals surface area contributed by atoms with Gasteiger partial charge >= 0.3 is 10.2 Å². The summed E-state index contributed by atoms with van der Waals surface area (Å²) in [5.74, 6) is -0.911. The van der Waals surface area contributed by atoms with Crippen LogP contribution in [0.2, 0.25) is 0 Å². The Bertz CT molecular complexity index is 1140. The number of anilines is 1. The van der Waals surface area contributed by atoms with Crippen LogP contribution in [0.15, 0.2) is 48.5 Å². The van der Waals surface area contributed by atoms with Crippen LogP contribution in [0.25, 0.3) is 0 Å². The number of rotatable bonds is 12. The van der Waals surface area contributed by atoms with Crippen molar-refractivity contribution in [3.8, 4) is 5.75 Å². The number of carbonyl (C=O) groups excluding carboxylic acids is 2. The molecular formula is C25H35FN4O5S. The van der Waals surface area contributed by atoms with Crippen LogP contribution in [0.3, 0.4) is 0 Å². The van der Waals surface area contributed by atoms with Crippen molar-refractivity contribution in [3.63, 3.8) is 0 Å². The normalized spacial score (nSPS) is 13.1. The smallest absolute Gasteiger partial charge is 0.304 e. The van der Waals surface area contributed by atoms with E-state index in [-0.39, 0.29) is 24.2 Å². The quantitative estimate of drug-likeness (QED) is 0.462. The maximum atomic E-state index is 13.6. The molecule has 0 fully saturated rings. The molecule has 198 valence electrons. The summed E-state index contributed by atoms with van der Waals surface area (Å²) in [7, 11) is 0.0947. The maximum absolute atomic E-state index is 13.6. The second-order valence-corrected chi connectivity index (χ2v) is 10.7. The third-order valence-corrected chi connectivity index (χ3v) is 7.61. The lowest BCUT2D eigenvalue weighted by Gasteiger charge is -2.33. The van der Waals surface area contributed by atoms with Crippen molar-refractivity contribution in [3.05, 3.63) is 59.9 Å². The molecule has 0 saturated carbocycles. The lowest BCUT2D eigenvalue weighted by atomic mass is 10.1. The largest absolute Gasteiger partial charge is 0.497 e. The van der Waals surface area contributed by atoms with Gasteiger partial charge in [-0.05, 0) is 62.2 Å². The van der Waals surface area contributed by atoms with Crippen LogP contribution in [0.5, 0.6) is 5.75 Å². The van der Waals surface area contributed by atoms with Gasteiger partial charge in [0.2, 0.25) is 11.8 Å². The van der Waals surface area contributed by atoms with Crippen LogP contribution in [0, 0.1) is 5.82 Å².